The van der Waals surface area contributed by atoms with Crippen molar-refractivity contribution in [1.29, 1.82) is 0 Å². The second-order valence-corrected chi connectivity index (χ2v) is 6.92. The molecule has 0 radical (unpaired) electrons. The van der Waals surface area contributed by atoms with Gasteiger partial charge in [0.05, 0.1) is 22.8 Å². The molecule has 6 heteroatoms. The lowest BCUT2D eigenvalue weighted by Gasteiger charge is -2.09. The Morgan fingerprint density at radius 3 is 2.61 bits per heavy atom. The van der Waals surface area contributed by atoms with E-state index < -0.39 is 0 Å². The Kier molecular flexibility index (Phi) is 5.71. The normalized spacial score (nSPS) is 11.1. The van der Waals surface area contributed by atoms with Gasteiger partial charge in [-0.1, -0.05) is 37.0 Å². The van der Waals surface area contributed by atoms with E-state index in [9.17, 15) is 4.79 Å². The summed E-state index contributed by atoms with van der Waals surface area (Å²) in [5.41, 5.74) is 3.45. The first-order valence-corrected chi connectivity index (χ1v) is 8.31. The summed E-state index contributed by atoms with van der Waals surface area (Å²) >= 11 is 11.9. The van der Waals surface area contributed by atoms with Crippen LogP contribution in [0.15, 0.2) is 18.2 Å². The molecular formula is C17H21Cl2N3O. The monoisotopic (exact) mass is 353 g/mol. The first-order chi connectivity index (χ1) is 10.8. The summed E-state index contributed by atoms with van der Waals surface area (Å²) in [6.45, 7) is 9.07. The highest BCUT2D eigenvalue weighted by atomic mass is 35.5. The Morgan fingerprint density at radius 2 is 2.00 bits per heavy atom. The van der Waals surface area contributed by atoms with Crippen LogP contribution >= 0.6 is 23.2 Å². The van der Waals surface area contributed by atoms with Crippen LogP contribution in [-0.2, 0) is 17.8 Å². The average molecular weight is 354 g/mol. The summed E-state index contributed by atoms with van der Waals surface area (Å²) < 4.78 is 1.97. The smallest absolute Gasteiger partial charge is 0.228 e. The van der Waals surface area contributed by atoms with Crippen molar-refractivity contribution in [2.45, 2.75) is 40.7 Å². The molecule has 1 N–H and O–H groups in total. The highest BCUT2D eigenvalue weighted by molar-refractivity contribution is 6.36. The van der Waals surface area contributed by atoms with Gasteiger partial charge in [0.25, 0.3) is 0 Å². The van der Waals surface area contributed by atoms with E-state index in [1.54, 1.807) is 18.2 Å². The van der Waals surface area contributed by atoms with Crippen molar-refractivity contribution >= 4 is 34.8 Å². The maximum atomic E-state index is 12.3. The Balaban J connectivity index is 2.12. The summed E-state index contributed by atoms with van der Waals surface area (Å²) in [5, 5.41) is 8.32. The summed E-state index contributed by atoms with van der Waals surface area (Å²) in [6, 6.07) is 5.00. The van der Waals surface area contributed by atoms with Crippen molar-refractivity contribution in [3.63, 3.8) is 0 Å². The van der Waals surface area contributed by atoms with E-state index in [1.807, 2.05) is 18.5 Å². The molecule has 23 heavy (non-hydrogen) atoms. The molecule has 1 heterocycles. The minimum Gasteiger partial charge on any atom is -0.324 e. The van der Waals surface area contributed by atoms with Gasteiger partial charge in [-0.05, 0) is 38.0 Å². The third-order valence-corrected chi connectivity index (χ3v) is 4.16. The van der Waals surface area contributed by atoms with Gasteiger partial charge in [0, 0.05) is 22.8 Å². The number of rotatable bonds is 5. The zero-order valence-electron chi connectivity index (χ0n) is 13.8. The highest BCUT2D eigenvalue weighted by Gasteiger charge is 2.16. The summed E-state index contributed by atoms with van der Waals surface area (Å²) in [7, 11) is 0. The molecule has 1 aromatic carbocycles. The number of aryl methyl sites for hydroxylation is 1. The first kappa shape index (κ1) is 17.8. The topological polar surface area (TPSA) is 46.9 Å². The molecule has 0 atom stereocenters. The fraction of sp³-hybridized carbons (Fsp3) is 0.412. The van der Waals surface area contributed by atoms with Gasteiger partial charge in [-0.2, -0.15) is 5.10 Å². The molecule has 1 aromatic heterocycles. The largest absolute Gasteiger partial charge is 0.324 e. The summed E-state index contributed by atoms with van der Waals surface area (Å²) in [5.74, 6) is 0.382. The van der Waals surface area contributed by atoms with Crippen LogP contribution in [-0.4, -0.2) is 15.7 Å². The van der Waals surface area contributed by atoms with Crippen LogP contribution < -0.4 is 5.32 Å². The standard InChI is InChI=1S/C17H21Cl2N3O/c1-10(2)9-22-12(4)14(11(3)21-22)8-17(23)20-16-6-5-13(18)7-15(16)19/h5-7,10H,8-9H2,1-4H3,(H,20,23). The van der Waals surface area contributed by atoms with Crippen molar-refractivity contribution in [2.75, 3.05) is 5.32 Å². The van der Waals surface area contributed by atoms with Crippen molar-refractivity contribution in [3.8, 4) is 0 Å². The first-order valence-electron chi connectivity index (χ1n) is 7.55. The SMILES string of the molecule is Cc1nn(CC(C)C)c(C)c1CC(=O)Nc1ccc(Cl)cc1Cl. The van der Waals surface area contributed by atoms with Crippen LogP contribution in [0, 0.1) is 19.8 Å². The minimum atomic E-state index is -0.121. The third-order valence-electron chi connectivity index (χ3n) is 3.61. The van der Waals surface area contributed by atoms with Crippen LogP contribution in [0.1, 0.15) is 30.8 Å². The Bertz CT molecular complexity index is 723. The number of nitrogens with one attached hydrogen (secondary N) is 1. The lowest BCUT2D eigenvalue weighted by Crippen LogP contribution is -2.16. The molecule has 0 saturated carbocycles. The zero-order valence-corrected chi connectivity index (χ0v) is 15.3. The molecule has 0 bridgehead atoms. The number of amides is 1. The van der Waals surface area contributed by atoms with Gasteiger partial charge >= 0.3 is 0 Å². The highest BCUT2D eigenvalue weighted by Crippen LogP contribution is 2.25. The third kappa shape index (κ3) is 4.49. The molecule has 0 aliphatic carbocycles. The molecule has 0 aliphatic rings. The molecule has 2 rings (SSSR count). The zero-order chi connectivity index (χ0) is 17.1. The predicted octanol–water partition coefficient (Wildman–Crippen LogP) is 4.64. The van der Waals surface area contributed by atoms with Gasteiger partial charge in [0.1, 0.15) is 0 Å². The maximum Gasteiger partial charge on any atom is 0.228 e. The van der Waals surface area contributed by atoms with Crippen LogP contribution in [0.3, 0.4) is 0 Å². The molecule has 0 saturated heterocycles. The molecule has 124 valence electrons. The van der Waals surface area contributed by atoms with Crippen molar-refractivity contribution < 1.29 is 4.79 Å². The molecule has 4 nitrogen and oxygen atoms in total. The predicted molar refractivity (Wildman–Crippen MR) is 95.3 cm³/mol. The van der Waals surface area contributed by atoms with Crippen LogP contribution in [0.2, 0.25) is 10.0 Å². The molecule has 1 amide bonds. The number of benzene rings is 1. The fourth-order valence-corrected chi connectivity index (χ4v) is 2.92. The van der Waals surface area contributed by atoms with Gasteiger partial charge in [-0.3, -0.25) is 9.48 Å². The van der Waals surface area contributed by atoms with E-state index >= 15 is 0 Å². The number of hydrogen-bond acceptors (Lipinski definition) is 2. The van der Waals surface area contributed by atoms with E-state index in [0.717, 1.165) is 23.5 Å². The van der Waals surface area contributed by atoms with E-state index in [2.05, 4.69) is 24.3 Å². The van der Waals surface area contributed by atoms with Crippen LogP contribution in [0.4, 0.5) is 5.69 Å². The quantitative estimate of drug-likeness (QED) is 0.850. The van der Waals surface area contributed by atoms with E-state index in [0.29, 0.717) is 21.7 Å². The number of carbonyl (C=O) groups excluding carboxylic acids is 1. The molecule has 2 aromatic rings. The lowest BCUT2D eigenvalue weighted by atomic mass is 10.1. The number of hydrogen-bond donors (Lipinski definition) is 1. The Morgan fingerprint density at radius 1 is 1.30 bits per heavy atom. The summed E-state index contributed by atoms with van der Waals surface area (Å²) in [4.78, 5) is 12.3. The maximum absolute atomic E-state index is 12.3. The molecule has 0 aliphatic heterocycles. The van der Waals surface area contributed by atoms with Crippen LogP contribution in [0.25, 0.3) is 0 Å². The Labute approximate surface area is 146 Å². The van der Waals surface area contributed by atoms with Crippen molar-refractivity contribution in [3.05, 3.63) is 45.2 Å². The van der Waals surface area contributed by atoms with Gasteiger partial charge in [0.15, 0.2) is 0 Å². The van der Waals surface area contributed by atoms with Gasteiger partial charge in [0.2, 0.25) is 5.91 Å². The van der Waals surface area contributed by atoms with Crippen molar-refractivity contribution in [1.82, 2.24) is 9.78 Å². The van der Waals surface area contributed by atoms with E-state index in [-0.39, 0.29) is 12.3 Å². The van der Waals surface area contributed by atoms with Gasteiger partial charge < -0.3 is 5.32 Å². The van der Waals surface area contributed by atoms with Gasteiger partial charge in [-0.15, -0.1) is 0 Å². The molecule has 0 fully saturated rings. The number of nitrogens with zero attached hydrogens (tertiary/aromatic N) is 2. The minimum absolute atomic E-state index is 0.121. The second kappa shape index (κ2) is 7.37. The van der Waals surface area contributed by atoms with Crippen molar-refractivity contribution in [2.24, 2.45) is 5.92 Å². The van der Waals surface area contributed by atoms with Crippen LogP contribution in [0.5, 0.6) is 0 Å². The fourth-order valence-electron chi connectivity index (χ4n) is 2.46. The second-order valence-electron chi connectivity index (χ2n) is 6.07. The van der Waals surface area contributed by atoms with E-state index in [1.165, 1.54) is 0 Å². The molecular weight excluding hydrogens is 333 g/mol. The molecule has 0 unspecified atom stereocenters. The number of halogens is 2. The summed E-state index contributed by atoms with van der Waals surface area (Å²) in [6.07, 6.45) is 0.273. The van der Waals surface area contributed by atoms with E-state index in [4.69, 9.17) is 23.2 Å². The number of carbonyl (C=O) groups is 1. The lowest BCUT2D eigenvalue weighted by molar-refractivity contribution is -0.115. The molecule has 0 spiro atoms. The average Bonchev–Trinajstić information content (AvgIpc) is 2.69. The number of anilines is 1. The van der Waals surface area contributed by atoms with Gasteiger partial charge in [-0.25, -0.2) is 0 Å². The number of aromatic nitrogens is 2. The Hall–Kier alpha value is -1.52.